The average molecular weight is 251 g/mol. The summed E-state index contributed by atoms with van der Waals surface area (Å²) in [5.74, 6) is -0.873. The minimum atomic E-state index is -0.912. The molecule has 0 spiro atoms. The van der Waals surface area contributed by atoms with Gasteiger partial charge in [0.25, 0.3) is 0 Å². The van der Waals surface area contributed by atoms with Gasteiger partial charge in [0.2, 0.25) is 0 Å². The van der Waals surface area contributed by atoms with Crippen molar-refractivity contribution in [2.24, 2.45) is 0 Å². The highest BCUT2D eigenvalue weighted by Crippen LogP contribution is 2.30. The van der Waals surface area contributed by atoms with Crippen LogP contribution in [0, 0.1) is 0 Å². The van der Waals surface area contributed by atoms with Crippen LogP contribution in [0.4, 0.5) is 0 Å². The molecule has 0 saturated heterocycles. The van der Waals surface area contributed by atoms with E-state index in [2.05, 4.69) is 0 Å². The van der Waals surface area contributed by atoms with E-state index in [1.165, 1.54) is 6.92 Å². The van der Waals surface area contributed by atoms with Gasteiger partial charge in [0.05, 0.1) is 0 Å². The summed E-state index contributed by atoms with van der Waals surface area (Å²) in [5.41, 5.74) is 2.87. The van der Waals surface area contributed by atoms with Crippen molar-refractivity contribution in [2.45, 2.75) is 19.8 Å². The molecule has 17 heavy (non-hydrogen) atoms. The number of rotatable bonds is 3. The van der Waals surface area contributed by atoms with Gasteiger partial charge in [-0.15, -0.1) is 0 Å². The number of hydrogen-bond donors (Lipinski definition) is 1. The van der Waals surface area contributed by atoms with Crippen molar-refractivity contribution in [1.29, 1.82) is 0 Å². The summed E-state index contributed by atoms with van der Waals surface area (Å²) in [7, 11) is 0. The molecule has 0 unspecified atom stereocenters. The fourth-order valence-corrected chi connectivity index (χ4v) is 2.20. The molecular weight excluding hydrogens is 240 g/mol. The Bertz CT molecular complexity index is 544. The zero-order valence-corrected chi connectivity index (χ0v) is 10.0. The standard InChI is InChI=1S/C13H11ClO3/c1-7(15)2-10-3-8-4-11(13(16)17)5-9(8)6-12(10)14/h3,5-6H,2,4H2,1H3,(H,16,17). The van der Waals surface area contributed by atoms with Crippen LogP contribution < -0.4 is 0 Å². The van der Waals surface area contributed by atoms with Crippen LogP contribution in [0.5, 0.6) is 0 Å². The largest absolute Gasteiger partial charge is 0.478 e. The highest BCUT2D eigenvalue weighted by molar-refractivity contribution is 6.31. The second-order valence-corrected chi connectivity index (χ2v) is 4.58. The Labute approximate surface area is 104 Å². The number of fused-ring (bicyclic) bond motifs is 1. The second-order valence-electron chi connectivity index (χ2n) is 4.17. The Morgan fingerprint density at radius 1 is 1.41 bits per heavy atom. The number of carboxylic acids is 1. The van der Waals surface area contributed by atoms with E-state index in [4.69, 9.17) is 16.7 Å². The van der Waals surface area contributed by atoms with E-state index in [1.807, 2.05) is 6.07 Å². The number of halogens is 1. The molecule has 0 bridgehead atoms. The first kappa shape index (κ1) is 11.9. The first-order valence-corrected chi connectivity index (χ1v) is 5.60. The van der Waals surface area contributed by atoms with Crippen molar-refractivity contribution in [3.8, 4) is 0 Å². The molecule has 0 aliphatic heterocycles. The summed E-state index contributed by atoms with van der Waals surface area (Å²) >= 11 is 6.05. The molecule has 0 radical (unpaired) electrons. The number of aliphatic carboxylic acids is 1. The van der Waals surface area contributed by atoms with Crippen molar-refractivity contribution in [2.75, 3.05) is 0 Å². The molecule has 4 heteroatoms. The summed E-state index contributed by atoms with van der Waals surface area (Å²) in [6, 6.07) is 3.55. The quantitative estimate of drug-likeness (QED) is 0.897. The third-order valence-corrected chi connectivity index (χ3v) is 3.08. The van der Waals surface area contributed by atoms with Gasteiger partial charge in [-0.25, -0.2) is 4.79 Å². The van der Waals surface area contributed by atoms with E-state index in [0.29, 0.717) is 17.0 Å². The van der Waals surface area contributed by atoms with Gasteiger partial charge in [0, 0.05) is 23.4 Å². The molecular formula is C13H11ClO3. The zero-order valence-electron chi connectivity index (χ0n) is 9.29. The Morgan fingerprint density at radius 2 is 2.12 bits per heavy atom. The fraction of sp³-hybridized carbons (Fsp3) is 0.231. The van der Waals surface area contributed by atoms with Crippen LogP contribution in [0.25, 0.3) is 6.08 Å². The third-order valence-electron chi connectivity index (χ3n) is 2.73. The molecule has 2 rings (SSSR count). The molecule has 0 aromatic heterocycles. The van der Waals surface area contributed by atoms with Crippen LogP contribution in [-0.4, -0.2) is 16.9 Å². The predicted molar refractivity (Wildman–Crippen MR) is 65.2 cm³/mol. The predicted octanol–water partition coefficient (Wildman–Crippen LogP) is 2.50. The number of hydrogen-bond acceptors (Lipinski definition) is 2. The van der Waals surface area contributed by atoms with Crippen LogP contribution in [-0.2, 0) is 22.4 Å². The number of benzene rings is 1. The summed E-state index contributed by atoms with van der Waals surface area (Å²) in [6.45, 7) is 1.50. The zero-order chi connectivity index (χ0) is 12.6. The number of carbonyl (C=O) groups excluding carboxylic acids is 1. The lowest BCUT2D eigenvalue weighted by atomic mass is 10.0. The van der Waals surface area contributed by atoms with Crippen LogP contribution in [0.3, 0.4) is 0 Å². The monoisotopic (exact) mass is 250 g/mol. The van der Waals surface area contributed by atoms with Gasteiger partial charge >= 0.3 is 5.97 Å². The summed E-state index contributed by atoms with van der Waals surface area (Å²) in [6.07, 6.45) is 2.31. The van der Waals surface area contributed by atoms with Gasteiger partial charge < -0.3 is 5.11 Å². The minimum absolute atomic E-state index is 0.0382. The smallest absolute Gasteiger partial charge is 0.331 e. The lowest BCUT2D eigenvalue weighted by Gasteiger charge is -2.06. The maximum Gasteiger partial charge on any atom is 0.331 e. The van der Waals surface area contributed by atoms with Crippen LogP contribution >= 0.6 is 11.6 Å². The average Bonchev–Trinajstić information content (AvgIpc) is 2.60. The molecule has 0 fully saturated rings. The number of Topliss-reactive ketones (excluding diaryl/α,β-unsaturated/α-hetero) is 1. The maximum atomic E-state index is 11.1. The van der Waals surface area contributed by atoms with Crippen molar-refractivity contribution in [3.63, 3.8) is 0 Å². The van der Waals surface area contributed by atoms with Gasteiger partial charge in [0.1, 0.15) is 5.78 Å². The van der Waals surface area contributed by atoms with E-state index in [0.717, 1.165) is 16.7 Å². The van der Waals surface area contributed by atoms with Crippen molar-refractivity contribution < 1.29 is 14.7 Å². The second kappa shape index (κ2) is 4.34. The Balaban J connectivity index is 2.37. The topological polar surface area (TPSA) is 54.4 Å². The SMILES string of the molecule is CC(=O)Cc1cc2c(cc1Cl)C=C(C(=O)O)C2. The summed E-state index contributed by atoms with van der Waals surface area (Å²) in [4.78, 5) is 21.9. The van der Waals surface area contributed by atoms with E-state index in [1.54, 1.807) is 12.1 Å². The van der Waals surface area contributed by atoms with Gasteiger partial charge in [-0.1, -0.05) is 17.7 Å². The molecule has 1 N–H and O–H groups in total. The van der Waals surface area contributed by atoms with Crippen LogP contribution in [0.15, 0.2) is 17.7 Å². The van der Waals surface area contributed by atoms with Gasteiger partial charge in [-0.05, 0) is 35.8 Å². The first-order valence-electron chi connectivity index (χ1n) is 5.22. The summed E-state index contributed by atoms with van der Waals surface area (Å²) in [5, 5.41) is 9.43. The lowest BCUT2D eigenvalue weighted by molar-refractivity contribution is -0.132. The van der Waals surface area contributed by atoms with E-state index in [9.17, 15) is 9.59 Å². The van der Waals surface area contributed by atoms with E-state index < -0.39 is 5.97 Å². The molecule has 1 aromatic rings. The molecule has 1 aliphatic carbocycles. The normalized spacial score (nSPS) is 13.2. The molecule has 0 amide bonds. The molecule has 1 aliphatic rings. The number of carbonyl (C=O) groups is 2. The highest BCUT2D eigenvalue weighted by atomic mass is 35.5. The Hall–Kier alpha value is -1.61. The minimum Gasteiger partial charge on any atom is -0.478 e. The molecule has 0 atom stereocenters. The number of ketones is 1. The van der Waals surface area contributed by atoms with Crippen molar-refractivity contribution in [1.82, 2.24) is 0 Å². The lowest BCUT2D eigenvalue weighted by Crippen LogP contribution is -2.01. The van der Waals surface area contributed by atoms with Gasteiger partial charge in [-0.3, -0.25) is 4.79 Å². The fourth-order valence-electron chi connectivity index (χ4n) is 1.96. The molecule has 0 saturated carbocycles. The van der Waals surface area contributed by atoms with Gasteiger partial charge in [0.15, 0.2) is 0 Å². The highest BCUT2D eigenvalue weighted by Gasteiger charge is 2.19. The van der Waals surface area contributed by atoms with E-state index >= 15 is 0 Å². The molecule has 3 nitrogen and oxygen atoms in total. The Kier molecular flexibility index (Phi) is 3.03. The Morgan fingerprint density at radius 3 is 2.71 bits per heavy atom. The number of carboxylic acid groups (broad SMARTS) is 1. The third kappa shape index (κ3) is 2.39. The van der Waals surface area contributed by atoms with Crippen LogP contribution in [0.2, 0.25) is 5.02 Å². The molecule has 88 valence electrons. The van der Waals surface area contributed by atoms with Crippen molar-refractivity contribution in [3.05, 3.63) is 39.4 Å². The van der Waals surface area contributed by atoms with Crippen LogP contribution in [0.1, 0.15) is 23.6 Å². The first-order chi connectivity index (χ1) is 7.97. The summed E-state index contributed by atoms with van der Waals surface area (Å²) < 4.78 is 0. The maximum absolute atomic E-state index is 11.1. The molecule has 0 heterocycles. The van der Waals surface area contributed by atoms with Crippen molar-refractivity contribution >= 4 is 29.4 Å². The van der Waals surface area contributed by atoms with Gasteiger partial charge in [-0.2, -0.15) is 0 Å². The van der Waals surface area contributed by atoms with E-state index in [-0.39, 0.29) is 12.2 Å². The molecule has 1 aromatic carbocycles.